The molecule has 5 heteroatoms. The molecular weight excluding hydrogens is 306 g/mol. The van der Waals surface area contributed by atoms with Crippen molar-refractivity contribution in [3.05, 3.63) is 40.1 Å². The maximum atomic E-state index is 5.11. The van der Waals surface area contributed by atoms with Crippen molar-refractivity contribution < 1.29 is 4.74 Å². The third-order valence-electron chi connectivity index (χ3n) is 2.86. The van der Waals surface area contributed by atoms with Crippen molar-refractivity contribution >= 4 is 27.6 Å². The highest BCUT2D eigenvalue weighted by molar-refractivity contribution is 9.10. The average Bonchev–Trinajstić information content (AvgIpc) is 2.71. The maximum Gasteiger partial charge on any atom is 0.207 e. The summed E-state index contributed by atoms with van der Waals surface area (Å²) in [5.41, 5.74) is 3.22. The molecule has 4 nitrogen and oxygen atoms in total. The predicted molar refractivity (Wildman–Crippen MR) is 81.0 cm³/mol. The number of hydrogen-bond acceptors (Lipinski definition) is 3. The van der Waals surface area contributed by atoms with Crippen LogP contribution < -0.4 is 5.32 Å². The number of nitrogens with one attached hydrogen (secondary N) is 1. The lowest BCUT2D eigenvalue weighted by Gasteiger charge is -2.10. The Morgan fingerprint density at radius 1 is 1.37 bits per heavy atom. The highest BCUT2D eigenvalue weighted by Crippen LogP contribution is 2.23. The Morgan fingerprint density at radius 3 is 2.84 bits per heavy atom. The van der Waals surface area contributed by atoms with Gasteiger partial charge in [-0.3, -0.25) is 0 Å². The number of hydrogen-bond donors (Lipinski definition) is 1. The minimum atomic E-state index is 0.669. The normalized spacial score (nSPS) is 10.7. The number of imidazole rings is 1. The van der Waals surface area contributed by atoms with E-state index in [9.17, 15) is 0 Å². The van der Waals surface area contributed by atoms with E-state index < -0.39 is 0 Å². The zero-order valence-corrected chi connectivity index (χ0v) is 13.0. The Hall–Kier alpha value is -1.33. The van der Waals surface area contributed by atoms with E-state index >= 15 is 0 Å². The van der Waals surface area contributed by atoms with Crippen molar-refractivity contribution in [1.29, 1.82) is 0 Å². The molecule has 1 aromatic carbocycles. The first kappa shape index (κ1) is 14.1. The van der Waals surface area contributed by atoms with Crippen molar-refractivity contribution in [2.45, 2.75) is 20.4 Å². The molecule has 0 amide bonds. The summed E-state index contributed by atoms with van der Waals surface area (Å²) in [4.78, 5) is 4.49. The molecule has 19 heavy (non-hydrogen) atoms. The Kier molecular flexibility index (Phi) is 4.61. The quantitative estimate of drug-likeness (QED) is 0.912. The van der Waals surface area contributed by atoms with Crippen molar-refractivity contribution in [3.63, 3.8) is 0 Å². The number of anilines is 2. The molecule has 0 aliphatic rings. The Labute approximate surface area is 121 Å². The van der Waals surface area contributed by atoms with E-state index in [0.717, 1.165) is 28.3 Å². The fourth-order valence-electron chi connectivity index (χ4n) is 1.81. The standard InChI is InChI=1S/C14H18BrN3O/c1-10-4-5-12(8-13(10)15)17-14-16-11(2)9-18(14)6-7-19-3/h4-5,8-9H,6-7H2,1-3H3,(H,16,17). The first-order chi connectivity index (χ1) is 9.10. The van der Waals surface area contributed by atoms with Crippen LogP contribution in [-0.4, -0.2) is 23.3 Å². The van der Waals surface area contributed by atoms with E-state index in [-0.39, 0.29) is 0 Å². The van der Waals surface area contributed by atoms with Crippen LogP contribution in [0.5, 0.6) is 0 Å². The highest BCUT2D eigenvalue weighted by Gasteiger charge is 2.06. The monoisotopic (exact) mass is 323 g/mol. The van der Waals surface area contributed by atoms with E-state index in [0.29, 0.717) is 6.61 Å². The summed E-state index contributed by atoms with van der Waals surface area (Å²) < 4.78 is 8.26. The third kappa shape index (κ3) is 3.58. The molecule has 0 saturated carbocycles. The molecule has 0 bridgehead atoms. The van der Waals surface area contributed by atoms with Gasteiger partial charge < -0.3 is 14.6 Å². The van der Waals surface area contributed by atoms with Crippen LogP contribution in [0.3, 0.4) is 0 Å². The number of aromatic nitrogens is 2. The van der Waals surface area contributed by atoms with E-state index in [2.05, 4.69) is 49.9 Å². The molecule has 0 fully saturated rings. The van der Waals surface area contributed by atoms with Gasteiger partial charge in [-0.1, -0.05) is 22.0 Å². The molecule has 0 spiro atoms. The molecule has 1 aromatic heterocycles. The smallest absolute Gasteiger partial charge is 0.207 e. The first-order valence-electron chi connectivity index (χ1n) is 6.16. The predicted octanol–water partition coefficient (Wildman–Crippen LogP) is 3.65. The van der Waals surface area contributed by atoms with Gasteiger partial charge in [0.2, 0.25) is 5.95 Å². The van der Waals surface area contributed by atoms with Crippen LogP contribution in [0.15, 0.2) is 28.9 Å². The molecule has 1 heterocycles. The SMILES string of the molecule is COCCn1cc(C)nc1Nc1ccc(C)c(Br)c1. The van der Waals surface area contributed by atoms with Crippen molar-refractivity contribution in [3.8, 4) is 0 Å². The van der Waals surface area contributed by atoms with Crippen molar-refractivity contribution in [1.82, 2.24) is 9.55 Å². The summed E-state index contributed by atoms with van der Waals surface area (Å²) in [6.45, 7) is 5.51. The molecule has 2 aromatic rings. The lowest BCUT2D eigenvalue weighted by atomic mass is 10.2. The minimum absolute atomic E-state index is 0.669. The summed E-state index contributed by atoms with van der Waals surface area (Å²) in [5, 5.41) is 3.34. The Bertz CT molecular complexity index is 566. The van der Waals surface area contributed by atoms with E-state index in [4.69, 9.17) is 4.74 Å². The van der Waals surface area contributed by atoms with Gasteiger partial charge in [0.1, 0.15) is 0 Å². The third-order valence-corrected chi connectivity index (χ3v) is 3.72. The molecule has 102 valence electrons. The van der Waals surface area contributed by atoms with Crippen molar-refractivity contribution in [2.24, 2.45) is 0 Å². The van der Waals surface area contributed by atoms with Crippen LogP contribution in [0.2, 0.25) is 0 Å². The Balaban J connectivity index is 2.19. The molecule has 0 aliphatic heterocycles. The number of nitrogens with zero attached hydrogens (tertiary/aromatic N) is 2. The second-order valence-corrected chi connectivity index (χ2v) is 5.34. The minimum Gasteiger partial charge on any atom is -0.383 e. The summed E-state index contributed by atoms with van der Waals surface area (Å²) >= 11 is 3.54. The fourth-order valence-corrected chi connectivity index (χ4v) is 2.19. The van der Waals surface area contributed by atoms with Gasteiger partial charge in [0.05, 0.1) is 12.3 Å². The van der Waals surface area contributed by atoms with Crippen LogP contribution in [0.25, 0.3) is 0 Å². The first-order valence-corrected chi connectivity index (χ1v) is 6.95. The summed E-state index contributed by atoms with van der Waals surface area (Å²) in [5.74, 6) is 0.838. The highest BCUT2D eigenvalue weighted by atomic mass is 79.9. The van der Waals surface area contributed by atoms with E-state index in [1.807, 2.05) is 19.2 Å². The molecule has 0 unspecified atom stereocenters. The van der Waals surface area contributed by atoms with E-state index in [1.165, 1.54) is 5.56 Å². The molecule has 0 aliphatic carbocycles. The lowest BCUT2D eigenvalue weighted by Crippen LogP contribution is -2.07. The molecule has 0 atom stereocenters. The molecule has 2 rings (SSSR count). The molecule has 1 N–H and O–H groups in total. The Morgan fingerprint density at radius 2 is 2.16 bits per heavy atom. The van der Waals surface area contributed by atoms with Crippen LogP contribution in [0.4, 0.5) is 11.6 Å². The van der Waals surface area contributed by atoms with Gasteiger partial charge >= 0.3 is 0 Å². The van der Waals surface area contributed by atoms with Gasteiger partial charge in [0.15, 0.2) is 0 Å². The van der Waals surface area contributed by atoms with Gasteiger partial charge in [0, 0.05) is 30.0 Å². The molecule has 0 saturated heterocycles. The van der Waals surface area contributed by atoms with Crippen LogP contribution >= 0.6 is 15.9 Å². The van der Waals surface area contributed by atoms with Crippen LogP contribution in [0, 0.1) is 13.8 Å². The van der Waals surface area contributed by atoms with E-state index in [1.54, 1.807) is 7.11 Å². The van der Waals surface area contributed by atoms with Gasteiger partial charge in [-0.05, 0) is 31.5 Å². The van der Waals surface area contributed by atoms with Crippen molar-refractivity contribution in [2.75, 3.05) is 19.0 Å². The topological polar surface area (TPSA) is 39.1 Å². The largest absolute Gasteiger partial charge is 0.383 e. The van der Waals surface area contributed by atoms with Gasteiger partial charge in [-0.2, -0.15) is 0 Å². The zero-order valence-electron chi connectivity index (χ0n) is 11.4. The van der Waals surface area contributed by atoms with Crippen LogP contribution in [0.1, 0.15) is 11.3 Å². The number of ether oxygens (including phenoxy) is 1. The number of benzene rings is 1. The second kappa shape index (κ2) is 6.21. The number of rotatable bonds is 5. The average molecular weight is 324 g/mol. The van der Waals surface area contributed by atoms with Crippen LogP contribution in [-0.2, 0) is 11.3 Å². The maximum absolute atomic E-state index is 5.11. The summed E-state index contributed by atoms with van der Waals surface area (Å²) in [7, 11) is 1.70. The number of methoxy groups -OCH3 is 1. The van der Waals surface area contributed by atoms with Gasteiger partial charge in [0.25, 0.3) is 0 Å². The lowest BCUT2D eigenvalue weighted by molar-refractivity contribution is 0.188. The second-order valence-electron chi connectivity index (χ2n) is 4.48. The van der Waals surface area contributed by atoms with Gasteiger partial charge in [-0.25, -0.2) is 4.98 Å². The summed E-state index contributed by atoms with van der Waals surface area (Å²) in [6.07, 6.45) is 2.02. The summed E-state index contributed by atoms with van der Waals surface area (Å²) in [6, 6.07) is 6.17. The molecular formula is C14H18BrN3O. The number of halogens is 1. The zero-order chi connectivity index (χ0) is 13.8. The number of aryl methyl sites for hydroxylation is 2. The molecule has 0 radical (unpaired) electrons. The fraction of sp³-hybridized carbons (Fsp3) is 0.357. The van der Waals surface area contributed by atoms with Gasteiger partial charge in [-0.15, -0.1) is 0 Å².